The fraction of sp³-hybridized carbons (Fsp3) is 0.385. The van der Waals surface area contributed by atoms with Crippen LogP contribution in [0.2, 0.25) is 0 Å². The number of anilines is 2. The molecule has 1 aromatic rings. The highest BCUT2D eigenvalue weighted by Crippen LogP contribution is 2.18. The first-order valence-corrected chi connectivity index (χ1v) is 6.70. The summed E-state index contributed by atoms with van der Waals surface area (Å²) in [7, 11) is 0. The van der Waals surface area contributed by atoms with Crippen molar-refractivity contribution in [1.29, 1.82) is 0 Å². The first-order valence-electron chi connectivity index (χ1n) is 5.63. The summed E-state index contributed by atoms with van der Waals surface area (Å²) in [6.45, 7) is 6.07. The quantitative estimate of drug-likeness (QED) is 0.554. The van der Waals surface area contributed by atoms with Crippen LogP contribution in [0.25, 0.3) is 0 Å². The van der Waals surface area contributed by atoms with E-state index in [2.05, 4.69) is 28.9 Å². The van der Waals surface area contributed by atoms with Crippen molar-refractivity contribution in [2.75, 3.05) is 41.6 Å². The summed E-state index contributed by atoms with van der Waals surface area (Å²) in [4.78, 5) is 2.18. The molecule has 19 heavy (non-hydrogen) atoms. The van der Waals surface area contributed by atoms with E-state index in [0.29, 0.717) is 11.8 Å². The molecule has 0 aromatic heterocycles. The third-order valence-electron chi connectivity index (χ3n) is 2.39. The normalized spacial score (nSPS) is 8.95. The van der Waals surface area contributed by atoms with E-state index in [0.717, 1.165) is 31.0 Å². The van der Waals surface area contributed by atoms with Crippen molar-refractivity contribution in [1.82, 2.24) is 0 Å². The Morgan fingerprint density at radius 3 is 2.00 bits per heavy atom. The van der Waals surface area contributed by atoms with Gasteiger partial charge in [0.15, 0.2) is 0 Å². The maximum atomic E-state index is 5.77. The van der Waals surface area contributed by atoms with E-state index in [9.17, 15) is 0 Å². The molecule has 0 aliphatic heterocycles. The molecule has 6 heteroatoms. The summed E-state index contributed by atoms with van der Waals surface area (Å²) >= 11 is 11.5. The maximum Gasteiger partial charge on any atom is 0.0399 e. The lowest BCUT2D eigenvalue weighted by Gasteiger charge is -2.23. The summed E-state index contributed by atoms with van der Waals surface area (Å²) in [6, 6.07) is 8.25. The van der Waals surface area contributed by atoms with E-state index in [1.807, 2.05) is 18.2 Å². The molecule has 2 nitrogen and oxygen atoms in total. The molecule has 1 rings (SSSR count). The minimum atomic E-state index is 0. The van der Waals surface area contributed by atoms with Gasteiger partial charge < -0.3 is 10.2 Å². The van der Waals surface area contributed by atoms with Gasteiger partial charge in [-0.1, -0.05) is 6.08 Å². The Morgan fingerprint density at radius 1 is 1.05 bits per heavy atom. The molecule has 0 atom stereocenters. The van der Waals surface area contributed by atoms with Crippen LogP contribution in [0.5, 0.6) is 0 Å². The first kappa shape index (κ1) is 21.0. The summed E-state index contributed by atoms with van der Waals surface area (Å²) in [5.74, 6) is 1.21. The van der Waals surface area contributed by atoms with Gasteiger partial charge in [0, 0.05) is 42.8 Å². The van der Waals surface area contributed by atoms with Gasteiger partial charge in [-0.2, -0.15) is 0 Å². The van der Waals surface area contributed by atoms with E-state index >= 15 is 0 Å². The van der Waals surface area contributed by atoms with Crippen LogP contribution in [0.1, 0.15) is 0 Å². The van der Waals surface area contributed by atoms with Gasteiger partial charge in [0.25, 0.3) is 0 Å². The molecule has 0 aliphatic carbocycles. The van der Waals surface area contributed by atoms with E-state index in [1.54, 1.807) is 0 Å². The van der Waals surface area contributed by atoms with E-state index in [4.69, 9.17) is 23.2 Å². The van der Waals surface area contributed by atoms with Gasteiger partial charge in [-0.05, 0) is 24.3 Å². The largest absolute Gasteiger partial charge is 0.382 e. The van der Waals surface area contributed by atoms with E-state index in [-0.39, 0.29) is 24.8 Å². The molecule has 110 valence electrons. The fourth-order valence-electron chi connectivity index (χ4n) is 1.55. The molecular formula is C13H20Cl4N2. The molecule has 1 aromatic carbocycles. The molecule has 0 radical (unpaired) electrons. The first-order chi connectivity index (χ1) is 8.31. The number of hydrogen-bond acceptors (Lipinski definition) is 2. The lowest BCUT2D eigenvalue weighted by Crippen LogP contribution is -2.27. The predicted octanol–water partition coefficient (Wildman–Crippen LogP) is 4.41. The second-order valence-electron chi connectivity index (χ2n) is 3.58. The van der Waals surface area contributed by atoms with Crippen LogP contribution in [-0.2, 0) is 0 Å². The zero-order valence-electron chi connectivity index (χ0n) is 10.6. The third-order valence-corrected chi connectivity index (χ3v) is 2.73. The number of rotatable bonds is 8. The van der Waals surface area contributed by atoms with Crippen molar-refractivity contribution < 1.29 is 0 Å². The van der Waals surface area contributed by atoms with Gasteiger partial charge in [0.05, 0.1) is 0 Å². The zero-order chi connectivity index (χ0) is 12.5. The van der Waals surface area contributed by atoms with Crippen LogP contribution in [0.15, 0.2) is 36.9 Å². The number of nitrogens with zero attached hydrogens (tertiary/aromatic N) is 1. The highest BCUT2D eigenvalue weighted by molar-refractivity contribution is 6.18. The SMILES string of the molecule is C=CCNc1ccc(N(CCCl)CCCl)cc1.Cl.Cl. The fourth-order valence-corrected chi connectivity index (χ4v) is 1.96. The Balaban J connectivity index is 0. The standard InChI is InChI=1S/C13H18Cl2N2.2ClH/c1-2-9-16-12-3-5-13(6-4-12)17(10-7-14)11-8-15;;/h2-6,16H,1,7-11H2;2*1H. The average molecular weight is 346 g/mol. The van der Waals surface area contributed by atoms with Crippen molar-refractivity contribution >= 4 is 59.4 Å². The summed E-state index contributed by atoms with van der Waals surface area (Å²) < 4.78 is 0. The number of nitrogens with one attached hydrogen (secondary N) is 1. The monoisotopic (exact) mass is 344 g/mol. The second-order valence-corrected chi connectivity index (χ2v) is 4.34. The molecule has 0 bridgehead atoms. The van der Waals surface area contributed by atoms with Gasteiger partial charge in [-0.3, -0.25) is 0 Å². The second kappa shape index (κ2) is 12.7. The molecule has 0 unspecified atom stereocenters. The third kappa shape index (κ3) is 7.78. The van der Waals surface area contributed by atoms with E-state index < -0.39 is 0 Å². The number of hydrogen-bond donors (Lipinski definition) is 1. The highest BCUT2D eigenvalue weighted by atomic mass is 35.5. The van der Waals surface area contributed by atoms with Crippen LogP contribution in [-0.4, -0.2) is 31.4 Å². The minimum Gasteiger partial charge on any atom is -0.382 e. The number of halogens is 4. The van der Waals surface area contributed by atoms with Gasteiger partial charge >= 0.3 is 0 Å². The molecule has 0 amide bonds. The van der Waals surface area contributed by atoms with Crippen molar-refractivity contribution in [3.05, 3.63) is 36.9 Å². The van der Waals surface area contributed by atoms with Gasteiger partial charge in [-0.25, -0.2) is 0 Å². The van der Waals surface area contributed by atoms with Crippen molar-refractivity contribution in [3.8, 4) is 0 Å². The van der Waals surface area contributed by atoms with Crippen molar-refractivity contribution in [2.24, 2.45) is 0 Å². The maximum absolute atomic E-state index is 5.77. The Bertz CT molecular complexity index is 324. The van der Waals surface area contributed by atoms with Gasteiger partial charge in [0.1, 0.15) is 0 Å². The zero-order valence-corrected chi connectivity index (χ0v) is 13.8. The summed E-state index contributed by atoms with van der Waals surface area (Å²) in [6.07, 6.45) is 1.83. The topological polar surface area (TPSA) is 15.3 Å². The summed E-state index contributed by atoms with van der Waals surface area (Å²) in [5.41, 5.74) is 2.24. The number of alkyl halides is 2. The molecular weight excluding hydrogens is 326 g/mol. The Hall–Kier alpha value is -0.280. The molecule has 0 aliphatic rings. The molecule has 0 saturated carbocycles. The van der Waals surface area contributed by atoms with Crippen LogP contribution in [0.3, 0.4) is 0 Å². The van der Waals surface area contributed by atoms with Crippen LogP contribution in [0.4, 0.5) is 11.4 Å². The molecule has 0 saturated heterocycles. The smallest absolute Gasteiger partial charge is 0.0399 e. The number of benzene rings is 1. The van der Waals surface area contributed by atoms with E-state index in [1.165, 1.54) is 0 Å². The highest BCUT2D eigenvalue weighted by Gasteiger charge is 2.04. The van der Waals surface area contributed by atoms with Crippen LogP contribution >= 0.6 is 48.0 Å². The Labute approximate surface area is 138 Å². The lowest BCUT2D eigenvalue weighted by molar-refractivity contribution is 0.874. The average Bonchev–Trinajstić information content (AvgIpc) is 2.37. The van der Waals surface area contributed by atoms with Gasteiger partial charge in [0.2, 0.25) is 0 Å². The van der Waals surface area contributed by atoms with Crippen molar-refractivity contribution in [3.63, 3.8) is 0 Å². The lowest BCUT2D eigenvalue weighted by atomic mass is 10.2. The molecule has 1 N–H and O–H groups in total. The van der Waals surface area contributed by atoms with Gasteiger partial charge in [-0.15, -0.1) is 54.6 Å². The summed E-state index contributed by atoms with van der Waals surface area (Å²) in [5, 5.41) is 3.24. The van der Waals surface area contributed by atoms with Crippen LogP contribution < -0.4 is 10.2 Å². The van der Waals surface area contributed by atoms with Crippen molar-refractivity contribution in [2.45, 2.75) is 0 Å². The Kier molecular flexibility index (Phi) is 14.1. The molecule has 0 fully saturated rings. The molecule has 0 heterocycles. The predicted molar refractivity (Wildman–Crippen MR) is 93.3 cm³/mol. The molecule has 0 spiro atoms. The minimum absolute atomic E-state index is 0. The Morgan fingerprint density at radius 2 is 1.58 bits per heavy atom. The van der Waals surface area contributed by atoms with Crippen LogP contribution in [0, 0.1) is 0 Å².